The minimum Gasteiger partial charge on any atom is -0.356 e. The fourth-order valence-corrected chi connectivity index (χ4v) is 2.72. The zero-order valence-electron chi connectivity index (χ0n) is 10.6. The summed E-state index contributed by atoms with van der Waals surface area (Å²) >= 11 is 0. The second-order valence-electron chi connectivity index (χ2n) is 5.22. The number of rotatable bonds is 5. The van der Waals surface area contributed by atoms with Crippen molar-refractivity contribution in [3.05, 3.63) is 11.6 Å². The maximum Gasteiger partial charge on any atom is 0.224 e. The van der Waals surface area contributed by atoms with Crippen LogP contribution in [-0.4, -0.2) is 25.0 Å². The number of nitrogens with one attached hydrogen (secondary N) is 2. The van der Waals surface area contributed by atoms with E-state index >= 15 is 0 Å². The van der Waals surface area contributed by atoms with Gasteiger partial charge < -0.3 is 10.6 Å². The largest absolute Gasteiger partial charge is 0.356 e. The first-order valence-corrected chi connectivity index (χ1v) is 7.02. The molecule has 1 unspecified atom stereocenters. The normalized spacial score (nSPS) is 24.5. The van der Waals surface area contributed by atoms with Gasteiger partial charge in [-0.25, -0.2) is 0 Å². The maximum absolute atomic E-state index is 11.7. The molecular formula is C14H24N2O. The molecule has 1 atom stereocenters. The van der Waals surface area contributed by atoms with E-state index in [0.717, 1.165) is 32.4 Å². The van der Waals surface area contributed by atoms with Crippen LogP contribution in [0, 0.1) is 0 Å². The lowest BCUT2D eigenvalue weighted by Crippen LogP contribution is -2.30. The molecule has 2 N–H and O–H groups in total. The zero-order valence-corrected chi connectivity index (χ0v) is 10.6. The summed E-state index contributed by atoms with van der Waals surface area (Å²) in [6, 6.07) is 0.629. The predicted molar refractivity (Wildman–Crippen MR) is 69.8 cm³/mol. The van der Waals surface area contributed by atoms with Crippen LogP contribution in [0.2, 0.25) is 0 Å². The second kappa shape index (κ2) is 6.80. The summed E-state index contributed by atoms with van der Waals surface area (Å²) in [5.74, 6) is 0.205. The molecule has 0 radical (unpaired) electrons. The van der Waals surface area contributed by atoms with Gasteiger partial charge in [0.25, 0.3) is 0 Å². The zero-order chi connectivity index (χ0) is 11.9. The Morgan fingerprint density at radius 3 is 3.06 bits per heavy atom. The van der Waals surface area contributed by atoms with Crippen LogP contribution >= 0.6 is 0 Å². The Kier molecular flexibility index (Phi) is 5.05. The van der Waals surface area contributed by atoms with Gasteiger partial charge in [-0.2, -0.15) is 0 Å². The molecule has 3 nitrogen and oxygen atoms in total. The molecule has 1 fully saturated rings. The minimum absolute atomic E-state index is 0.205. The van der Waals surface area contributed by atoms with Crippen molar-refractivity contribution in [2.75, 3.05) is 13.1 Å². The lowest BCUT2D eigenvalue weighted by atomic mass is 9.97. The Hall–Kier alpha value is -0.830. The molecule has 1 saturated heterocycles. The highest BCUT2D eigenvalue weighted by atomic mass is 16.1. The Bertz CT molecular complexity index is 280. The molecule has 17 heavy (non-hydrogen) atoms. The van der Waals surface area contributed by atoms with Gasteiger partial charge in [-0.05, 0) is 51.5 Å². The van der Waals surface area contributed by atoms with Crippen molar-refractivity contribution in [3.8, 4) is 0 Å². The van der Waals surface area contributed by atoms with E-state index in [9.17, 15) is 4.79 Å². The summed E-state index contributed by atoms with van der Waals surface area (Å²) in [7, 11) is 0. The molecule has 0 aromatic heterocycles. The van der Waals surface area contributed by atoms with Crippen molar-refractivity contribution in [1.29, 1.82) is 0 Å². The third kappa shape index (κ3) is 4.50. The summed E-state index contributed by atoms with van der Waals surface area (Å²) in [5, 5.41) is 6.49. The Morgan fingerprint density at radius 1 is 1.41 bits per heavy atom. The third-order valence-electron chi connectivity index (χ3n) is 3.75. The third-order valence-corrected chi connectivity index (χ3v) is 3.75. The summed E-state index contributed by atoms with van der Waals surface area (Å²) in [6.07, 6.45) is 11.3. The topological polar surface area (TPSA) is 41.1 Å². The number of hydrogen-bond donors (Lipinski definition) is 2. The molecule has 0 bridgehead atoms. The molecule has 0 aromatic carbocycles. The number of carbonyl (C=O) groups is 1. The molecule has 96 valence electrons. The van der Waals surface area contributed by atoms with Gasteiger partial charge in [-0.15, -0.1) is 0 Å². The molecule has 3 heteroatoms. The van der Waals surface area contributed by atoms with Crippen molar-refractivity contribution in [2.24, 2.45) is 0 Å². The first kappa shape index (κ1) is 12.6. The average Bonchev–Trinajstić information content (AvgIpc) is 2.83. The number of hydrogen-bond acceptors (Lipinski definition) is 2. The van der Waals surface area contributed by atoms with Crippen molar-refractivity contribution in [1.82, 2.24) is 10.6 Å². The molecule has 1 aliphatic carbocycles. The van der Waals surface area contributed by atoms with E-state index in [0.29, 0.717) is 12.5 Å². The summed E-state index contributed by atoms with van der Waals surface area (Å²) in [5.41, 5.74) is 1.34. The fraction of sp³-hybridized carbons (Fsp3) is 0.786. The molecule has 2 rings (SSSR count). The van der Waals surface area contributed by atoms with E-state index in [1.54, 1.807) is 0 Å². The average molecular weight is 236 g/mol. The van der Waals surface area contributed by atoms with Gasteiger partial charge in [0.05, 0.1) is 0 Å². The molecule has 0 spiro atoms. The Morgan fingerprint density at radius 2 is 2.35 bits per heavy atom. The smallest absolute Gasteiger partial charge is 0.224 e. The van der Waals surface area contributed by atoms with E-state index in [1.807, 2.05) is 0 Å². The second-order valence-corrected chi connectivity index (χ2v) is 5.22. The van der Waals surface area contributed by atoms with E-state index < -0.39 is 0 Å². The van der Waals surface area contributed by atoms with Gasteiger partial charge in [0.1, 0.15) is 0 Å². The first-order valence-electron chi connectivity index (χ1n) is 7.02. The highest BCUT2D eigenvalue weighted by Crippen LogP contribution is 2.19. The fourth-order valence-electron chi connectivity index (χ4n) is 2.72. The summed E-state index contributed by atoms with van der Waals surface area (Å²) in [6.45, 7) is 1.97. The van der Waals surface area contributed by atoms with Crippen molar-refractivity contribution in [3.63, 3.8) is 0 Å². The van der Waals surface area contributed by atoms with Gasteiger partial charge in [0.15, 0.2) is 0 Å². The number of carbonyl (C=O) groups excluding carboxylic acids is 1. The molecule has 2 aliphatic rings. The van der Waals surface area contributed by atoms with Crippen molar-refractivity contribution in [2.45, 2.75) is 57.4 Å². The molecule has 1 amide bonds. The highest BCUT2D eigenvalue weighted by Gasteiger charge is 2.14. The number of amides is 1. The monoisotopic (exact) mass is 236 g/mol. The van der Waals surface area contributed by atoms with Gasteiger partial charge in [-0.3, -0.25) is 4.79 Å². The van der Waals surface area contributed by atoms with Crippen LogP contribution in [0.4, 0.5) is 0 Å². The van der Waals surface area contributed by atoms with Crippen LogP contribution in [-0.2, 0) is 4.79 Å². The summed E-state index contributed by atoms with van der Waals surface area (Å²) < 4.78 is 0. The molecule has 0 aromatic rings. The lowest BCUT2D eigenvalue weighted by molar-refractivity contribution is -0.120. The molecule has 1 heterocycles. The van der Waals surface area contributed by atoms with Crippen LogP contribution in [0.25, 0.3) is 0 Å². The van der Waals surface area contributed by atoms with E-state index in [-0.39, 0.29) is 5.91 Å². The quantitative estimate of drug-likeness (QED) is 0.718. The molecule has 0 saturated carbocycles. The van der Waals surface area contributed by atoms with Gasteiger partial charge in [-0.1, -0.05) is 11.6 Å². The van der Waals surface area contributed by atoms with Gasteiger partial charge in [0.2, 0.25) is 5.91 Å². The van der Waals surface area contributed by atoms with Gasteiger partial charge in [0, 0.05) is 19.0 Å². The SMILES string of the molecule is O=C(CC1=CCCCC1)NCCC1CCCN1. The van der Waals surface area contributed by atoms with E-state index in [2.05, 4.69) is 16.7 Å². The lowest BCUT2D eigenvalue weighted by Gasteiger charge is -2.14. The number of allylic oxidation sites excluding steroid dienone is 1. The van der Waals surface area contributed by atoms with Crippen LogP contribution in [0.3, 0.4) is 0 Å². The van der Waals surface area contributed by atoms with Crippen molar-refractivity contribution < 1.29 is 4.79 Å². The van der Waals surface area contributed by atoms with E-state index in [1.165, 1.54) is 31.3 Å². The van der Waals surface area contributed by atoms with Crippen molar-refractivity contribution >= 4 is 5.91 Å². The highest BCUT2D eigenvalue weighted by molar-refractivity contribution is 5.78. The van der Waals surface area contributed by atoms with Gasteiger partial charge >= 0.3 is 0 Å². The Labute approximate surface area is 104 Å². The van der Waals surface area contributed by atoms with E-state index in [4.69, 9.17) is 0 Å². The first-order chi connectivity index (χ1) is 8.34. The molecular weight excluding hydrogens is 212 g/mol. The standard InChI is InChI=1S/C14H24N2O/c17-14(11-12-5-2-1-3-6-12)16-10-8-13-7-4-9-15-13/h5,13,15H,1-4,6-11H2,(H,16,17). The minimum atomic E-state index is 0.205. The van der Waals surface area contributed by atoms with Crippen LogP contribution in [0.5, 0.6) is 0 Å². The summed E-state index contributed by atoms with van der Waals surface area (Å²) in [4.78, 5) is 11.7. The maximum atomic E-state index is 11.7. The van der Waals surface area contributed by atoms with Crippen LogP contribution in [0.1, 0.15) is 51.4 Å². The predicted octanol–water partition coefficient (Wildman–Crippen LogP) is 2.14. The van der Waals surface area contributed by atoms with Crippen LogP contribution < -0.4 is 10.6 Å². The van der Waals surface area contributed by atoms with Crippen LogP contribution in [0.15, 0.2) is 11.6 Å². The Balaban J connectivity index is 1.58. The molecule has 1 aliphatic heterocycles.